The first-order chi connectivity index (χ1) is 34.5. The topological polar surface area (TPSA) is 3.24 Å². The summed E-state index contributed by atoms with van der Waals surface area (Å²) in [6.45, 7) is -5.67. The van der Waals surface area contributed by atoms with Gasteiger partial charge >= 0.3 is 0 Å². The quantitative estimate of drug-likeness (QED) is 0.138. The van der Waals surface area contributed by atoms with Gasteiger partial charge in [-0.1, -0.05) is 220 Å². The highest BCUT2D eigenvalue weighted by molar-refractivity contribution is 7.22. The normalized spacial score (nSPS) is 15.4. The van der Waals surface area contributed by atoms with E-state index in [1.165, 1.54) is 31.9 Å². The van der Waals surface area contributed by atoms with E-state index in [0.717, 1.165) is 50.4 Å². The van der Waals surface area contributed by atoms with Gasteiger partial charge in [0.25, 0.3) is 0 Å². The second-order valence-electron chi connectivity index (χ2n) is 17.2. The summed E-state index contributed by atoms with van der Waals surface area (Å²) in [7, 11) is -2.67. The molecular weight excluding hydrogens is 799 g/mol. The van der Waals surface area contributed by atoms with Crippen LogP contribution in [0.15, 0.2) is 249 Å². The van der Waals surface area contributed by atoms with E-state index < -0.39 is 27.2 Å². The molecule has 2 aliphatic rings. The lowest BCUT2D eigenvalue weighted by Gasteiger charge is -2.31. The lowest BCUT2D eigenvalue weighted by Crippen LogP contribution is -2.72. The van der Waals surface area contributed by atoms with Crippen molar-refractivity contribution in [1.29, 1.82) is 0 Å². The first-order valence-electron chi connectivity index (χ1n) is 25.2. The molecule has 1 aliphatic carbocycles. The van der Waals surface area contributed by atoms with E-state index in [-0.39, 0.29) is 0 Å². The summed E-state index contributed by atoms with van der Waals surface area (Å²) in [5.74, 6) is 0. The number of nitrogens with zero attached hydrogens (tertiary/aromatic N) is 1. The van der Waals surface area contributed by atoms with Crippen LogP contribution in [0, 0.1) is 0 Å². The molecule has 12 rings (SSSR count). The molecule has 1 aliphatic heterocycles. The maximum absolute atomic E-state index is 8.73. The number of anilines is 3. The summed E-state index contributed by atoms with van der Waals surface area (Å²) in [5.41, 5.74) is 11.4. The number of hydrogen-bond acceptors (Lipinski definition) is 1. The van der Waals surface area contributed by atoms with Gasteiger partial charge in [-0.25, -0.2) is 0 Å². The van der Waals surface area contributed by atoms with Crippen LogP contribution in [0.4, 0.5) is 17.1 Å². The maximum Gasteiger partial charge on any atom is 0.180 e. The van der Waals surface area contributed by atoms with Gasteiger partial charge in [-0.3, -0.25) is 0 Å². The highest BCUT2D eigenvalue weighted by Gasteiger charge is 2.48. The van der Waals surface area contributed by atoms with Gasteiger partial charge in [-0.2, -0.15) is 0 Å². The highest BCUT2D eigenvalue weighted by Crippen LogP contribution is 2.49. The zero-order valence-corrected chi connectivity index (χ0v) is 36.6. The van der Waals surface area contributed by atoms with Crippen molar-refractivity contribution in [2.24, 2.45) is 0 Å². The van der Waals surface area contributed by atoms with E-state index in [9.17, 15) is 0 Å². The van der Waals surface area contributed by atoms with Crippen LogP contribution in [0.1, 0.15) is 33.1 Å². The van der Waals surface area contributed by atoms with Crippen LogP contribution < -0.4 is 25.6 Å². The maximum atomic E-state index is 8.73. The fraction of sp³-hybridized carbons (Fsp3) is 0.0476. The van der Waals surface area contributed by atoms with E-state index in [1.54, 1.807) is 18.2 Å². The molecule has 1 heterocycles. The minimum absolute atomic E-state index is 0.307. The fourth-order valence-corrected chi connectivity index (χ4v) is 15.8. The Morgan fingerprint density at radius 2 is 0.738 bits per heavy atom. The summed E-state index contributed by atoms with van der Waals surface area (Å²) in [5, 5.41) is 5.55. The molecule has 65 heavy (non-hydrogen) atoms. The van der Waals surface area contributed by atoms with Crippen molar-refractivity contribution in [1.82, 2.24) is 0 Å². The fourth-order valence-electron chi connectivity index (χ4n) is 10.6. The van der Waals surface area contributed by atoms with Crippen molar-refractivity contribution in [2.75, 3.05) is 4.90 Å². The standard InChI is InChI=1S/C63H47NSi/c1-63(2)59-25-12-9-22-55(59)56-41-34-49(43-60(56)63)47-32-39-52(40-33-47)64(50-35-28-45(29-36-50)44-16-5-3-6-17-44)51-37-30-46(31-38-51)48-18-15-21-54(42-48)65(53-19-7-4-8-20-53)61-26-13-10-23-57(61)58-24-11-14-27-62(58)65/h3-43H,1-2H3/i1D3,2D3. The zero-order chi connectivity index (χ0) is 48.5. The number of fused-ring (bicyclic) bond motifs is 6. The molecule has 0 amide bonds. The van der Waals surface area contributed by atoms with Crippen LogP contribution in [0.2, 0.25) is 0 Å². The molecule has 2 heteroatoms. The summed E-state index contributed by atoms with van der Waals surface area (Å²) < 4.78 is 52.4. The highest BCUT2D eigenvalue weighted by atomic mass is 28.3. The van der Waals surface area contributed by atoms with E-state index in [1.807, 2.05) is 42.5 Å². The third-order valence-electron chi connectivity index (χ3n) is 13.6. The van der Waals surface area contributed by atoms with Gasteiger partial charge in [0, 0.05) is 30.7 Å². The monoisotopic (exact) mass is 851 g/mol. The van der Waals surface area contributed by atoms with E-state index in [0.29, 0.717) is 22.3 Å². The molecule has 10 aromatic rings. The molecule has 10 aromatic carbocycles. The van der Waals surface area contributed by atoms with Crippen LogP contribution in [0.3, 0.4) is 0 Å². The summed E-state index contributed by atoms with van der Waals surface area (Å²) in [6, 6.07) is 86.9. The van der Waals surface area contributed by atoms with Crippen LogP contribution >= 0.6 is 0 Å². The van der Waals surface area contributed by atoms with Crippen LogP contribution in [-0.2, 0) is 5.41 Å². The van der Waals surface area contributed by atoms with Gasteiger partial charge in [0.1, 0.15) is 0 Å². The second-order valence-corrected chi connectivity index (χ2v) is 20.9. The molecule has 0 bridgehead atoms. The van der Waals surface area contributed by atoms with E-state index in [4.69, 9.17) is 8.22 Å². The Kier molecular flexibility index (Phi) is 7.82. The Bertz CT molecular complexity index is 3550. The molecular formula is C63H47NSi. The van der Waals surface area contributed by atoms with E-state index >= 15 is 0 Å². The van der Waals surface area contributed by atoms with Crippen molar-refractivity contribution in [3.05, 3.63) is 260 Å². The summed E-state index contributed by atoms with van der Waals surface area (Å²) in [4.78, 5) is 2.25. The van der Waals surface area contributed by atoms with Crippen molar-refractivity contribution in [3.8, 4) is 55.6 Å². The lowest BCUT2D eigenvalue weighted by molar-refractivity contribution is 0.660. The van der Waals surface area contributed by atoms with Crippen molar-refractivity contribution >= 4 is 45.9 Å². The van der Waals surface area contributed by atoms with Crippen LogP contribution in [0.25, 0.3) is 55.6 Å². The number of rotatable bonds is 8. The molecule has 1 nitrogen and oxygen atoms in total. The molecule has 0 radical (unpaired) electrons. The largest absolute Gasteiger partial charge is 0.311 e. The lowest BCUT2D eigenvalue weighted by atomic mass is 9.81. The minimum atomic E-state index is -2.84. The molecule has 0 saturated heterocycles. The second kappa shape index (κ2) is 15.5. The minimum Gasteiger partial charge on any atom is -0.311 e. The van der Waals surface area contributed by atoms with Gasteiger partial charge in [0.2, 0.25) is 0 Å². The third-order valence-corrected chi connectivity index (χ3v) is 18.5. The van der Waals surface area contributed by atoms with Gasteiger partial charge in [0.15, 0.2) is 8.07 Å². The Balaban J connectivity index is 0.935. The molecule has 0 fully saturated rings. The van der Waals surface area contributed by atoms with Crippen molar-refractivity contribution in [3.63, 3.8) is 0 Å². The molecule has 0 aromatic heterocycles. The molecule has 308 valence electrons. The Morgan fingerprint density at radius 3 is 1.32 bits per heavy atom. The molecule has 0 N–H and O–H groups in total. The van der Waals surface area contributed by atoms with Gasteiger partial charge in [-0.05, 0) is 130 Å². The van der Waals surface area contributed by atoms with Crippen molar-refractivity contribution in [2.45, 2.75) is 19.1 Å². The molecule has 0 atom stereocenters. The van der Waals surface area contributed by atoms with Crippen molar-refractivity contribution < 1.29 is 8.22 Å². The first-order valence-corrected chi connectivity index (χ1v) is 24.2. The molecule has 0 saturated carbocycles. The average Bonchev–Trinajstić information content (AvgIpc) is 3.89. The Labute approximate surface area is 392 Å². The third kappa shape index (κ3) is 6.28. The average molecular weight is 852 g/mol. The van der Waals surface area contributed by atoms with Crippen LogP contribution in [0.5, 0.6) is 0 Å². The first kappa shape index (κ1) is 32.8. The summed E-state index contributed by atoms with van der Waals surface area (Å²) >= 11 is 0. The molecule has 0 unspecified atom stereocenters. The Hall–Kier alpha value is -7.78. The smallest absolute Gasteiger partial charge is 0.180 e. The SMILES string of the molecule is [2H]C([2H])([2H])C1(C([2H])([2H])[2H])c2ccccc2-c2ccc(-c3ccc(N(c4ccc(-c5ccccc5)cc4)c4ccc(-c5cccc([Si]6(c7ccccc7)c7ccccc7-c7ccccc76)c5)cc4)cc3)cc21. The predicted octanol–water partition coefficient (Wildman–Crippen LogP) is 13.8. The van der Waals surface area contributed by atoms with Crippen LogP contribution in [-0.4, -0.2) is 8.07 Å². The predicted molar refractivity (Wildman–Crippen MR) is 278 cm³/mol. The zero-order valence-electron chi connectivity index (χ0n) is 41.6. The van der Waals surface area contributed by atoms with Gasteiger partial charge in [-0.15, -0.1) is 0 Å². The number of benzene rings is 10. The molecule has 0 spiro atoms. The summed E-state index contributed by atoms with van der Waals surface area (Å²) in [6.07, 6.45) is 0. The van der Waals surface area contributed by atoms with Gasteiger partial charge in [0.05, 0.1) is 0 Å². The van der Waals surface area contributed by atoms with Gasteiger partial charge < -0.3 is 4.90 Å². The number of hydrogen-bond donors (Lipinski definition) is 0. The van der Waals surface area contributed by atoms with E-state index in [2.05, 4.69) is 193 Å². The Morgan fingerprint density at radius 1 is 0.323 bits per heavy atom.